The summed E-state index contributed by atoms with van der Waals surface area (Å²) in [4.78, 5) is 21.8. The minimum atomic E-state index is -1.07. The smallest absolute Gasteiger partial charge is 0.339 e. The Morgan fingerprint density at radius 3 is 2.23 bits per heavy atom. The predicted octanol–water partition coefficient (Wildman–Crippen LogP) is 1.26. The molecule has 1 N–H and O–H groups in total. The number of carboxylic acid groups (broad SMARTS) is 1. The summed E-state index contributed by atoms with van der Waals surface area (Å²) in [6.07, 6.45) is 0. The summed E-state index contributed by atoms with van der Waals surface area (Å²) in [6.45, 7) is 4.62. The molecule has 1 aromatic heterocycles. The van der Waals surface area contributed by atoms with Gasteiger partial charge >= 0.3 is 11.6 Å². The van der Waals surface area contributed by atoms with Gasteiger partial charge in [0.15, 0.2) is 0 Å². The van der Waals surface area contributed by atoms with Gasteiger partial charge in [-0.2, -0.15) is 0 Å². The van der Waals surface area contributed by atoms with E-state index in [9.17, 15) is 9.59 Å². The van der Waals surface area contributed by atoms with Gasteiger partial charge in [-0.25, -0.2) is 9.59 Å². The highest BCUT2D eigenvalue weighted by atomic mass is 16.4. The van der Waals surface area contributed by atoms with Gasteiger partial charge in [-0.3, -0.25) is 0 Å². The first-order valence-electron chi connectivity index (χ1n) is 3.79. The largest absolute Gasteiger partial charge is 0.478 e. The quantitative estimate of drug-likeness (QED) is 0.710. The molecule has 0 saturated carbocycles. The van der Waals surface area contributed by atoms with Gasteiger partial charge in [0.25, 0.3) is 0 Å². The number of carboxylic acids is 1. The van der Waals surface area contributed by atoms with Gasteiger partial charge in [-0.05, 0) is 26.3 Å². The normalized spacial score (nSPS) is 10.1. The molecule has 0 spiro atoms. The Morgan fingerprint density at radius 1 is 1.23 bits per heavy atom. The third-order valence-electron chi connectivity index (χ3n) is 2.06. The van der Waals surface area contributed by atoms with Crippen molar-refractivity contribution in [2.75, 3.05) is 0 Å². The van der Waals surface area contributed by atoms with Crippen molar-refractivity contribution >= 4 is 5.97 Å². The van der Waals surface area contributed by atoms with Crippen molar-refractivity contribution in [1.29, 1.82) is 0 Å². The molecular formula is C9H10O4. The van der Waals surface area contributed by atoms with Gasteiger partial charge in [-0.15, -0.1) is 0 Å². The maximum Gasteiger partial charge on any atom is 0.339 e. The zero-order valence-corrected chi connectivity index (χ0v) is 7.67. The second kappa shape index (κ2) is 3.05. The maximum atomic E-state index is 11.1. The predicted molar refractivity (Wildman–Crippen MR) is 46.1 cm³/mol. The molecule has 1 aromatic rings. The van der Waals surface area contributed by atoms with Crippen molar-refractivity contribution < 1.29 is 14.3 Å². The van der Waals surface area contributed by atoms with Crippen molar-refractivity contribution in [2.24, 2.45) is 0 Å². The molecule has 0 unspecified atom stereocenters. The molecule has 0 amide bonds. The van der Waals surface area contributed by atoms with Gasteiger partial charge < -0.3 is 9.52 Å². The molecule has 0 bridgehead atoms. The Labute approximate surface area is 74.8 Å². The van der Waals surface area contributed by atoms with Crippen molar-refractivity contribution in [2.45, 2.75) is 20.8 Å². The van der Waals surface area contributed by atoms with Crippen LogP contribution in [0.5, 0.6) is 0 Å². The van der Waals surface area contributed by atoms with E-state index in [4.69, 9.17) is 9.52 Å². The van der Waals surface area contributed by atoms with Crippen molar-refractivity contribution in [3.8, 4) is 0 Å². The first-order valence-corrected chi connectivity index (χ1v) is 3.79. The highest BCUT2D eigenvalue weighted by Crippen LogP contribution is 2.13. The number of hydrogen-bond acceptors (Lipinski definition) is 3. The molecule has 0 atom stereocenters. The van der Waals surface area contributed by atoms with Crippen LogP contribution in [-0.2, 0) is 0 Å². The summed E-state index contributed by atoms with van der Waals surface area (Å²) in [6, 6.07) is 0. The molecule has 0 aliphatic carbocycles. The monoisotopic (exact) mass is 182 g/mol. The van der Waals surface area contributed by atoms with Crippen molar-refractivity contribution in [3.63, 3.8) is 0 Å². The summed E-state index contributed by atoms with van der Waals surface area (Å²) in [5.74, 6) is -0.914. The lowest BCUT2D eigenvalue weighted by Gasteiger charge is -2.04. The van der Waals surface area contributed by atoms with Gasteiger partial charge in [0.05, 0.1) is 0 Å². The molecule has 0 aliphatic heterocycles. The summed E-state index contributed by atoms with van der Waals surface area (Å²) in [5.41, 5.74) is 0.432. The van der Waals surface area contributed by atoms with Crippen LogP contribution in [0.15, 0.2) is 9.21 Å². The average Bonchev–Trinajstić information content (AvgIpc) is 1.99. The molecule has 0 aliphatic rings. The molecular weight excluding hydrogens is 172 g/mol. The van der Waals surface area contributed by atoms with E-state index in [0.29, 0.717) is 11.1 Å². The van der Waals surface area contributed by atoms with E-state index < -0.39 is 11.6 Å². The number of aromatic carboxylic acids is 1. The number of aryl methyl sites for hydroxylation is 1. The maximum absolute atomic E-state index is 11.1. The molecule has 1 heterocycles. The average molecular weight is 182 g/mol. The second-order valence-electron chi connectivity index (χ2n) is 2.88. The van der Waals surface area contributed by atoms with E-state index in [1.165, 1.54) is 6.92 Å². The van der Waals surface area contributed by atoms with Crippen molar-refractivity contribution in [3.05, 3.63) is 32.9 Å². The number of rotatable bonds is 1. The lowest BCUT2D eigenvalue weighted by Crippen LogP contribution is -2.13. The topological polar surface area (TPSA) is 67.5 Å². The van der Waals surface area contributed by atoms with E-state index in [0.717, 1.165) is 0 Å². The van der Waals surface area contributed by atoms with Crippen LogP contribution in [-0.4, -0.2) is 11.1 Å². The molecule has 13 heavy (non-hydrogen) atoms. The van der Waals surface area contributed by atoms with E-state index in [1.54, 1.807) is 13.8 Å². The van der Waals surface area contributed by atoms with Gasteiger partial charge in [0.1, 0.15) is 11.3 Å². The lowest BCUT2D eigenvalue weighted by atomic mass is 10.1. The fraction of sp³-hybridized carbons (Fsp3) is 0.333. The fourth-order valence-electron chi connectivity index (χ4n) is 1.18. The minimum absolute atomic E-state index is 0.0806. The van der Waals surface area contributed by atoms with E-state index in [1.807, 2.05) is 0 Å². The van der Waals surface area contributed by atoms with Crippen LogP contribution in [0.25, 0.3) is 0 Å². The first-order chi connectivity index (χ1) is 5.95. The van der Waals surface area contributed by atoms with E-state index in [-0.39, 0.29) is 11.3 Å². The molecule has 0 saturated heterocycles. The summed E-state index contributed by atoms with van der Waals surface area (Å²) in [5, 5.41) is 8.80. The van der Waals surface area contributed by atoms with Gasteiger partial charge in [-0.1, -0.05) is 0 Å². The fourth-order valence-corrected chi connectivity index (χ4v) is 1.18. The van der Waals surface area contributed by atoms with Crippen molar-refractivity contribution in [1.82, 2.24) is 0 Å². The van der Waals surface area contributed by atoms with Crippen LogP contribution in [0.2, 0.25) is 0 Å². The minimum Gasteiger partial charge on any atom is -0.478 e. The van der Waals surface area contributed by atoms with E-state index in [2.05, 4.69) is 0 Å². The van der Waals surface area contributed by atoms with Crippen LogP contribution < -0.4 is 5.63 Å². The zero-order chi connectivity index (χ0) is 10.2. The van der Waals surface area contributed by atoms with E-state index >= 15 is 0 Å². The third kappa shape index (κ3) is 1.47. The summed E-state index contributed by atoms with van der Waals surface area (Å²) >= 11 is 0. The van der Waals surface area contributed by atoms with Crippen LogP contribution in [0.4, 0.5) is 0 Å². The molecule has 4 nitrogen and oxygen atoms in total. The Hall–Kier alpha value is -1.58. The highest BCUT2D eigenvalue weighted by Gasteiger charge is 2.16. The van der Waals surface area contributed by atoms with Crippen LogP contribution in [0.3, 0.4) is 0 Å². The summed E-state index contributed by atoms with van der Waals surface area (Å²) in [7, 11) is 0. The standard InChI is InChI=1S/C9H10O4/c1-4-5(2)9(12)13-6(3)7(4)8(10)11/h1-3H3,(H,10,11). The Bertz CT molecular complexity index is 414. The Morgan fingerprint density at radius 2 is 1.77 bits per heavy atom. The molecule has 4 heteroatoms. The highest BCUT2D eigenvalue weighted by molar-refractivity contribution is 5.90. The lowest BCUT2D eigenvalue weighted by molar-refractivity contribution is 0.0691. The zero-order valence-electron chi connectivity index (χ0n) is 7.67. The molecule has 0 aromatic carbocycles. The van der Waals surface area contributed by atoms with Crippen LogP contribution in [0.1, 0.15) is 27.2 Å². The SMILES string of the molecule is Cc1oc(=O)c(C)c(C)c1C(=O)O. The first kappa shape index (κ1) is 9.51. The number of carbonyl (C=O) groups is 1. The molecule has 0 fully saturated rings. The Kier molecular flexibility index (Phi) is 2.23. The number of hydrogen-bond donors (Lipinski definition) is 1. The van der Waals surface area contributed by atoms with Crippen LogP contribution >= 0.6 is 0 Å². The second-order valence-corrected chi connectivity index (χ2v) is 2.88. The molecule has 0 radical (unpaired) electrons. The molecule has 1 rings (SSSR count). The Balaban J connectivity index is 3.63. The third-order valence-corrected chi connectivity index (χ3v) is 2.06. The van der Waals surface area contributed by atoms with Gasteiger partial charge in [0.2, 0.25) is 0 Å². The van der Waals surface area contributed by atoms with Gasteiger partial charge in [0, 0.05) is 5.56 Å². The molecule has 70 valence electrons. The van der Waals surface area contributed by atoms with Crippen LogP contribution in [0, 0.1) is 20.8 Å². The summed E-state index contributed by atoms with van der Waals surface area (Å²) < 4.78 is 4.74.